The van der Waals surface area contributed by atoms with Crippen molar-refractivity contribution < 1.29 is 4.79 Å². The summed E-state index contributed by atoms with van der Waals surface area (Å²) in [6.07, 6.45) is 0. The zero-order chi connectivity index (χ0) is 15.5. The maximum Gasteiger partial charge on any atom is 0.193 e. The fraction of sp³-hybridized carbons (Fsp3) is 0.0500. The summed E-state index contributed by atoms with van der Waals surface area (Å²) in [7, 11) is 0. The molecule has 2 heteroatoms. The molecule has 0 N–H and O–H groups in total. The van der Waals surface area contributed by atoms with Crippen molar-refractivity contribution >= 4 is 18.4 Å². The van der Waals surface area contributed by atoms with Crippen LogP contribution in [0.25, 0.3) is 11.1 Å². The summed E-state index contributed by atoms with van der Waals surface area (Å²) >= 11 is 4.57. The van der Waals surface area contributed by atoms with Crippen LogP contribution in [0.5, 0.6) is 0 Å². The number of aryl methyl sites for hydroxylation is 1. The molecule has 0 aliphatic heterocycles. The molecular formula is C20H16OS. The molecule has 3 aromatic carbocycles. The second-order valence-corrected chi connectivity index (χ2v) is 5.74. The molecule has 0 spiro atoms. The monoisotopic (exact) mass is 304 g/mol. The Balaban J connectivity index is 2.13. The third kappa shape index (κ3) is 2.83. The van der Waals surface area contributed by atoms with Crippen LogP contribution in [0.15, 0.2) is 77.7 Å². The van der Waals surface area contributed by atoms with E-state index in [1.165, 1.54) is 0 Å². The molecule has 1 nitrogen and oxygen atoms in total. The van der Waals surface area contributed by atoms with Gasteiger partial charge in [-0.1, -0.05) is 66.7 Å². The summed E-state index contributed by atoms with van der Waals surface area (Å²) in [5.41, 5.74) is 4.45. The quantitative estimate of drug-likeness (QED) is 0.521. The van der Waals surface area contributed by atoms with Crippen molar-refractivity contribution in [3.05, 3.63) is 89.5 Å². The molecular weight excluding hydrogens is 288 g/mol. The predicted octanol–water partition coefficient (Wildman–Crippen LogP) is 5.18. The molecule has 0 bridgehead atoms. The lowest BCUT2D eigenvalue weighted by atomic mass is 9.93. The Morgan fingerprint density at radius 1 is 0.818 bits per heavy atom. The second kappa shape index (κ2) is 6.20. The van der Waals surface area contributed by atoms with E-state index in [4.69, 9.17) is 0 Å². The third-order valence-corrected chi connectivity index (χ3v) is 4.02. The summed E-state index contributed by atoms with van der Waals surface area (Å²) in [5, 5.41) is 0. The molecule has 0 unspecified atom stereocenters. The van der Waals surface area contributed by atoms with E-state index in [9.17, 15) is 4.79 Å². The first-order chi connectivity index (χ1) is 10.7. The van der Waals surface area contributed by atoms with Crippen LogP contribution in [0.2, 0.25) is 0 Å². The summed E-state index contributed by atoms with van der Waals surface area (Å²) in [4.78, 5) is 13.7. The van der Waals surface area contributed by atoms with Gasteiger partial charge in [-0.15, -0.1) is 12.6 Å². The molecule has 0 saturated carbocycles. The van der Waals surface area contributed by atoms with Gasteiger partial charge in [0.2, 0.25) is 0 Å². The zero-order valence-corrected chi connectivity index (χ0v) is 13.2. The molecule has 0 aromatic heterocycles. The van der Waals surface area contributed by atoms with Gasteiger partial charge < -0.3 is 0 Å². The van der Waals surface area contributed by atoms with Crippen LogP contribution in [0.4, 0.5) is 0 Å². The van der Waals surface area contributed by atoms with Gasteiger partial charge in [-0.2, -0.15) is 0 Å². The Kier molecular flexibility index (Phi) is 4.12. The Hall–Kier alpha value is -2.32. The molecule has 0 aliphatic rings. The number of rotatable bonds is 3. The van der Waals surface area contributed by atoms with Gasteiger partial charge in [0, 0.05) is 16.0 Å². The standard InChI is InChI=1S/C20H16OS/c1-14-11-12-17(19(22)13-14)16-9-5-6-10-18(16)20(21)15-7-3-2-4-8-15/h2-13,22H,1H3. The number of carbonyl (C=O) groups is 1. The fourth-order valence-electron chi connectivity index (χ4n) is 2.53. The molecule has 0 fully saturated rings. The predicted molar refractivity (Wildman–Crippen MR) is 93.7 cm³/mol. The Morgan fingerprint density at radius 2 is 1.50 bits per heavy atom. The lowest BCUT2D eigenvalue weighted by molar-refractivity contribution is 0.103. The van der Waals surface area contributed by atoms with Crippen LogP contribution in [-0.4, -0.2) is 5.78 Å². The third-order valence-electron chi connectivity index (χ3n) is 3.65. The first-order valence-corrected chi connectivity index (χ1v) is 7.60. The Morgan fingerprint density at radius 3 is 2.23 bits per heavy atom. The van der Waals surface area contributed by atoms with Gasteiger partial charge in [-0.05, 0) is 29.7 Å². The van der Waals surface area contributed by atoms with Crippen LogP contribution in [-0.2, 0) is 0 Å². The van der Waals surface area contributed by atoms with E-state index < -0.39 is 0 Å². The van der Waals surface area contributed by atoms with Gasteiger partial charge in [-0.3, -0.25) is 4.79 Å². The molecule has 3 rings (SSSR count). The van der Waals surface area contributed by atoms with Crippen molar-refractivity contribution in [2.45, 2.75) is 11.8 Å². The number of thiol groups is 1. The SMILES string of the molecule is Cc1ccc(-c2ccccc2C(=O)c2ccccc2)c(S)c1. The first-order valence-electron chi connectivity index (χ1n) is 7.15. The smallest absolute Gasteiger partial charge is 0.193 e. The Bertz CT molecular complexity index is 822. The van der Waals surface area contributed by atoms with Crippen LogP contribution < -0.4 is 0 Å². The van der Waals surface area contributed by atoms with Crippen molar-refractivity contribution in [3.63, 3.8) is 0 Å². The second-order valence-electron chi connectivity index (χ2n) is 5.26. The van der Waals surface area contributed by atoms with Crippen molar-refractivity contribution in [1.29, 1.82) is 0 Å². The molecule has 0 saturated heterocycles. The van der Waals surface area contributed by atoms with E-state index in [2.05, 4.69) is 12.6 Å². The molecule has 0 atom stereocenters. The van der Waals surface area contributed by atoms with E-state index in [0.717, 1.165) is 21.6 Å². The van der Waals surface area contributed by atoms with Crippen molar-refractivity contribution in [1.82, 2.24) is 0 Å². The van der Waals surface area contributed by atoms with Gasteiger partial charge in [0.25, 0.3) is 0 Å². The van der Waals surface area contributed by atoms with Gasteiger partial charge >= 0.3 is 0 Å². The van der Waals surface area contributed by atoms with Gasteiger partial charge in [0.1, 0.15) is 0 Å². The Labute approximate surface area is 136 Å². The highest BCUT2D eigenvalue weighted by Gasteiger charge is 2.15. The number of hydrogen-bond donors (Lipinski definition) is 1. The van der Waals surface area contributed by atoms with E-state index in [1.807, 2.05) is 79.7 Å². The van der Waals surface area contributed by atoms with E-state index >= 15 is 0 Å². The molecule has 108 valence electrons. The maximum atomic E-state index is 12.8. The van der Waals surface area contributed by atoms with Gasteiger partial charge in [0.15, 0.2) is 5.78 Å². The van der Waals surface area contributed by atoms with Gasteiger partial charge in [0.05, 0.1) is 0 Å². The maximum absolute atomic E-state index is 12.8. The number of ketones is 1. The zero-order valence-electron chi connectivity index (χ0n) is 12.3. The summed E-state index contributed by atoms with van der Waals surface area (Å²) in [5.74, 6) is 0.0320. The lowest BCUT2D eigenvalue weighted by Crippen LogP contribution is -2.03. The average molecular weight is 304 g/mol. The van der Waals surface area contributed by atoms with E-state index in [0.29, 0.717) is 11.1 Å². The average Bonchev–Trinajstić information content (AvgIpc) is 2.55. The van der Waals surface area contributed by atoms with Crippen LogP contribution in [0.1, 0.15) is 21.5 Å². The summed E-state index contributed by atoms with van der Waals surface area (Å²) in [6, 6.07) is 23.1. The van der Waals surface area contributed by atoms with Gasteiger partial charge in [-0.25, -0.2) is 0 Å². The van der Waals surface area contributed by atoms with Crippen molar-refractivity contribution in [2.24, 2.45) is 0 Å². The highest BCUT2D eigenvalue weighted by Crippen LogP contribution is 2.31. The van der Waals surface area contributed by atoms with Crippen molar-refractivity contribution in [2.75, 3.05) is 0 Å². The number of benzene rings is 3. The topological polar surface area (TPSA) is 17.1 Å². The lowest BCUT2D eigenvalue weighted by Gasteiger charge is -2.11. The van der Waals surface area contributed by atoms with E-state index in [-0.39, 0.29) is 5.78 Å². The van der Waals surface area contributed by atoms with Crippen LogP contribution >= 0.6 is 12.6 Å². The molecule has 0 aliphatic carbocycles. The first kappa shape index (κ1) is 14.6. The fourth-order valence-corrected chi connectivity index (χ4v) is 2.93. The number of hydrogen-bond acceptors (Lipinski definition) is 2. The largest absolute Gasteiger partial charge is 0.289 e. The summed E-state index contributed by atoms with van der Waals surface area (Å²) in [6.45, 7) is 2.03. The summed E-state index contributed by atoms with van der Waals surface area (Å²) < 4.78 is 0. The minimum Gasteiger partial charge on any atom is -0.289 e. The van der Waals surface area contributed by atoms with Crippen LogP contribution in [0, 0.1) is 6.92 Å². The molecule has 0 radical (unpaired) electrons. The normalized spacial score (nSPS) is 10.5. The molecule has 22 heavy (non-hydrogen) atoms. The van der Waals surface area contributed by atoms with E-state index in [1.54, 1.807) is 0 Å². The molecule has 0 amide bonds. The molecule has 3 aromatic rings. The highest BCUT2D eigenvalue weighted by molar-refractivity contribution is 7.80. The minimum atomic E-state index is 0.0320. The minimum absolute atomic E-state index is 0.0320. The van der Waals surface area contributed by atoms with Crippen molar-refractivity contribution in [3.8, 4) is 11.1 Å². The molecule has 0 heterocycles. The highest BCUT2D eigenvalue weighted by atomic mass is 32.1. The van der Waals surface area contributed by atoms with Crippen LogP contribution in [0.3, 0.4) is 0 Å². The number of carbonyl (C=O) groups excluding carboxylic acids is 1.